The summed E-state index contributed by atoms with van der Waals surface area (Å²) in [5.41, 5.74) is -0.165. The third kappa shape index (κ3) is 3.57. The lowest BCUT2D eigenvalue weighted by atomic mass is 10.1. The standard InChI is InChI=1S/C15H21N5O3/c1-11-9-18(10-12(2)19(11)6-7-23-3)15-14(20(21)22)13(8-16)4-5-17-15/h4-5,11-12H,6-7,9-10H2,1-3H3/t11-,12-/m0/s1. The molecule has 8 heteroatoms. The first kappa shape index (κ1) is 17.1. The molecule has 0 unspecified atom stereocenters. The van der Waals surface area contributed by atoms with Gasteiger partial charge in [0.25, 0.3) is 0 Å². The van der Waals surface area contributed by atoms with Gasteiger partial charge in [0.2, 0.25) is 5.82 Å². The Kier molecular flexibility index (Phi) is 5.47. The van der Waals surface area contributed by atoms with Crippen LogP contribution in [0.3, 0.4) is 0 Å². The van der Waals surface area contributed by atoms with Crippen molar-refractivity contribution >= 4 is 11.5 Å². The van der Waals surface area contributed by atoms with E-state index in [9.17, 15) is 10.1 Å². The number of methoxy groups -OCH3 is 1. The Morgan fingerprint density at radius 1 is 1.48 bits per heavy atom. The molecule has 1 saturated heterocycles. The lowest BCUT2D eigenvalue weighted by Crippen LogP contribution is -2.57. The molecule has 124 valence electrons. The molecule has 0 bridgehead atoms. The number of ether oxygens (including phenoxy) is 1. The first-order chi connectivity index (χ1) is 11.0. The number of rotatable bonds is 5. The Hall–Kier alpha value is -2.24. The van der Waals surface area contributed by atoms with Gasteiger partial charge in [-0.15, -0.1) is 0 Å². The van der Waals surface area contributed by atoms with Gasteiger partial charge < -0.3 is 9.64 Å². The van der Waals surface area contributed by atoms with Gasteiger partial charge in [0.1, 0.15) is 11.6 Å². The Morgan fingerprint density at radius 2 is 2.13 bits per heavy atom. The molecule has 0 saturated carbocycles. The van der Waals surface area contributed by atoms with E-state index in [1.807, 2.05) is 11.0 Å². The summed E-state index contributed by atoms with van der Waals surface area (Å²) in [5.74, 6) is 0.277. The molecule has 2 heterocycles. The highest BCUT2D eigenvalue weighted by Gasteiger charge is 2.34. The summed E-state index contributed by atoms with van der Waals surface area (Å²) in [6.07, 6.45) is 1.45. The van der Waals surface area contributed by atoms with Crippen LogP contribution in [0.4, 0.5) is 11.5 Å². The second-order valence-corrected chi connectivity index (χ2v) is 5.73. The molecule has 1 aliphatic rings. The predicted octanol–water partition coefficient (Wildman–Crippen LogP) is 1.41. The van der Waals surface area contributed by atoms with Crippen LogP contribution in [-0.4, -0.2) is 60.2 Å². The molecule has 8 nitrogen and oxygen atoms in total. The fourth-order valence-electron chi connectivity index (χ4n) is 3.11. The van der Waals surface area contributed by atoms with Gasteiger partial charge in [-0.1, -0.05) is 0 Å². The molecule has 0 amide bonds. The zero-order valence-electron chi connectivity index (χ0n) is 13.6. The third-order valence-electron chi connectivity index (χ3n) is 4.16. The van der Waals surface area contributed by atoms with Crippen LogP contribution in [0.1, 0.15) is 19.4 Å². The maximum absolute atomic E-state index is 11.4. The molecule has 1 fully saturated rings. The van der Waals surface area contributed by atoms with Crippen molar-refractivity contribution in [3.05, 3.63) is 27.9 Å². The monoisotopic (exact) mass is 319 g/mol. The number of piperazine rings is 1. The summed E-state index contributed by atoms with van der Waals surface area (Å²) in [7, 11) is 1.67. The number of anilines is 1. The summed E-state index contributed by atoms with van der Waals surface area (Å²) in [5, 5.41) is 20.5. The van der Waals surface area contributed by atoms with E-state index in [1.165, 1.54) is 12.3 Å². The first-order valence-corrected chi connectivity index (χ1v) is 7.52. The fraction of sp³-hybridized carbons (Fsp3) is 0.600. The minimum absolute atomic E-state index is 0.0436. The van der Waals surface area contributed by atoms with E-state index in [2.05, 4.69) is 23.7 Å². The Bertz CT molecular complexity index is 604. The lowest BCUT2D eigenvalue weighted by molar-refractivity contribution is -0.384. The average Bonchev–Trinajstić information content (AvgIpc) is 2.53. The van der Waals surface area contributed by atoms with E-state index in [0.717, 1.165) is 6.54 Å². The summed E-state index contributed by atoms with van der Waals surface area (Å²) < 4.78 is 5.14. The van der Waals surface area contributed by atoms with Gasteiger partial charge in [-0.25, -0.2) is 4.98 Å². The summed E-state index contributed by atoms with van der Waals surface area (Å²) in [6.45, 7) is 6.88. The number of nitrogens with zero attached hydrogens (tertiary/aromatic N) is 5. The molecule has 0 N–H and O–H groups in total. The van der Waals surface area contributed by atoms with Gasteiger partial charge in [-0.2, -0.15) is 5.26 Å². The van der Waals surface area contributed by atoms with E-state index >= 15 is 0 Å². The highest BCUT2D eigenvalue weighted by molar-refractivity contribution is 5.65. The van der Waals surface area contributed by atoms with Crippen LogP contribution in [0.15, 0.2) is 12.3 Å². The second kappa shape index (κ2) is 7.35. The summed E-state index contributed by atoms with van der Waals surface area (Å²) >= 11 is 0. The number of hydrogen-bond donors (Lipinski definition) is 0. The van der Waals surface area contributed by atoms with Crippen LogP contribution in [0, 0.1) is 21.4 Å². The van der Waals surface area contributed by atoms with Crippen LogP contribution < -0.4 is 4.90 Å². The van der Waals surface area contributed by atoms with Crippen molar-refractivity contribution in [2.45, 2.75) is 25.9 Å². The van der Waals surface area contributed by atoms with Crippen LogP contribution in [0.5, 0.6) is 0 Å². The predicted molar refractivity (Wildman–Crippen MR) is 85.3 cm³/mol. The molecule has 2 atom stereocenters. The lowest BCUT2D eigenvalue weighted by Gasteiger charge is -2.44. The van der Waals surface area contributed by atoms with Gasteiger partial charge in [0, 0.05) is 45.0 Å². The van der Waals surface area contributed by atoms with Crippen molar-refractivity contribution in [3.8, 4) is 6.07 Å². The first-order valence-electron chi connectivity index (χ1n) is 7.52. The molecule has 0 spiro atoms. The molecule has 23 heavy (non-hydrogen) atoms. The number of hydrogen-bond acceptors (Lipinski definition) is 7. The van der Waals surface area contributed by atoms with Gasteiger partial charge in [-0.05, 0) is 19.9 Å². The van der Waals surface area contributed by atoms with Crippen LogP contribution in [0.25, 0.3) is 0 Å². The highest BCUT2D eigenvalue weighted by atomic mass is 16.6. The van der Waals surface area contributed by atoms with Crippen molar-refractivity contribution in [1.82, 2.24) is 9.88 Å². The minimum atomic E-state index is -0.520. The molecule has 1 aromatic heterocycles. The largest absolute Gasteiger partial charge is 0.383 e. The number of nitriles is 1. The van der Waals surface area contributed by atoms with E-state index in [4.69, 9.17) is 10.00 Å². The van der Waals surface area contributed by atoms with Crippen molar-refractivity contribution in [2.24, 2.45) is 0 Å². The molecule has 2 rings (SSSR count). The molecule has 0 aliphatic carbocycles. The zero-order valence-corrected chi connectivity index (χ0v) is 13.6. The van der Waals surface area contributed by atoms with E-state index in [-0.39, 0.29) is 29.2 Å². The van der Waals surface area contributed by atoms with Crippen molar-refractivity contribution in [2.75, 3.05) is 38.3 Å². The van der Waals surface area contributed by atoms with Gasteiger partial charge >= 0.3 is 5.69 Å². The Labute approximate surface area is 135 Å². The van der Waals surface area contributed by atoms with E-state index < -0.39 is 4.92 Å². The molecular formula is C15H21N5O3. The minimum Gasteiger partial charge on any atom is -0.383 e. The number of nitro groups is 1. The van der Waals surface area contributed by atoms with Gasteiger partial charge in [-0.3, -0.25) is 15.0 Å². The molecule has 0 radical (unpaired) electrons. The molecule has 0 aromatic carbocycles. The molecule has 1 aromatic rings. The Balaban J connectivity index is 2.28. The maximum atomic E-state index is 11.4. The number of aromatic nitrogens is 1. The van der Waals surface area contributed by atoms with Gasteiger partial charge in [0.15, 0.2) is 0 Å². The fourth-order valence-corrected chi connectivity index (χ4v) is 3.11. The van der Waals surface area contributed by atoms with E-state index in [1.54, 1.807) is 7.11 Å². The maximum Gasteiger partial charge on any atom is 0.329 e. The van der Waals surface area contributed by atoms with Crippen molar-refractivity contribution < 1.29 is 9.66 Å². The Morgan fingerprint density at radius 3 is 2.65 bits per heavy atom. The quantitative estimate of drug-likeness (QED) is 0.598. The average molecular weight is 319 g/mol. The third-order valence-corrected chi connectivity index (χ3v) is 4.16. The van der Waals surface area contributed by atoms with Crippen molar-refractivity contribution in [1.29, 1.82) is 5.26 Å². The summed E-state index contributed by atoms with van der Waals surface area (Å²) in [6, 6.07) is 3.68. The second-order valence-electron chi connectivity index (χ2n) is 5.73. The van der Waals surface area contributed by atoms with Gasteiger partial charge in [0.05, 0.1) is 11.5 Å². The highest BCUT2D eigenvalue weighted by Crippen LogP contribution is 2.31. The zero-order chi connectivity index (χ0) is 17.0. The van der Waals surface area contributed by atoms with Crippen LogP contribution >= 0.6 is 0 Å². The molecule has 1 aliphatic heterocycles. The van der Waals surface area contributed by atoms with Crippen LogP contribution in [-0.2, 0) is 4.74 Å². The topological polar surface area (TPSA) is 95.5 Å². The smallest absolute Gasteiger partial charge is 0.329 e. The summed E-state index contributed by atoms with van der Waals surface area (Å²) in [4.78, 5) is 19.3. The number of pyridine rings is 1. The SMILES string of the molecule is COCCN1[C@@H](C)CN(c2nccc(C#N)c2[N+](=O)[O-])C[C@@H]1C. The van der Waals surface area contributed by atoms with Crippen molar-refractivity contribution in [3.63, 3.8) is 0 Å². The van der Waals surface area contributed by atoms with Crippen LogP contribution in [0.2, 0.25) is 0 Å². The molecular weight excluding hydrogens is 298 g/mol. The van der Waals surface area contributed by atoms with E-state index in [0.29, 0.717) is 19.7 Å². The normalized spacial score (nSPS) is 21.9.